The molecule has 2 N–H and O–H groups in total. The van der Waals surface area contributed by atoms with Crippen molar-refractivity contribution in [3.63, 3.8) is 0 Å². The van der Waals surface area contributed by atoms with Crippen molar-refractivity contribution >= 4 is 28.3 Å². The van der Waals surface area contributed by atoms with E-state index < -0.39 is 0 Å². The Hall–Kier alpha value is -0.250. The third-order valence-electron chi connectivity index (χ3n) is 0.778. The summed E-state index contributed by atoms with van der Waals surface area (Å²) < 4.78 is 15.2. The molecule has 0 radical (unpaired) electrons. The number of hydrogen-bond donors (Lipinski definition) is 1. The van der Waals surface area contributed by atoms with Crippen LogP contribution in [0.4, 0.5) is 5.69 Å². The van der Waals surface area contributed by atoms with Gasteiger partial charge in [-0.25, -0.2) is 0 Å². The number of nitrogens with two attached hydrogens (primary N) is 1. The van der Waals surface area contributed by atoms with E-state index >= 15 is 0 Å². The van der Waals surface area contributed by atoms with Gasteiger partial charge < -0.3 is 5.73 Å². The van der Waals surface area contributed by atoms with Crippen LogP contribution in [0.1, 0.15) is 2.74 Å². The lowest BCUT2D eigenvalue weighted by atomic mass is 10.3. The molecule has 0 aliphatic carbocycles. The molecule has 2 heteroatoms. The van der Waals surface area contributed by atoms with E-state index in [-0.39, 0.29) is 6.04 Å². The molecule has 0 saturated carbocycles. The highest BCUT2D eigenvalue weighted by atomic mass is 127. The SMILES string of the molecule is [2H]c1cc([2H])c(N)c(I)c1. The Morgan fingerprint density at radius 3 is 3.12 bits per heavy atom. The summed E-state index contributed by atoms with van der Waals surface area (Å²) in [7, 11) is 0. The van der Waals surface area contributed by atoms with Crippen LogP contribution in [-0.2, 0) is 0 Å². The third-order valence-corrected chi connectivity index (χ3v) is 1.67. The quantitative estimate of drug-likeness (QED) is 0.525. The first kappa shape index (κ1) is 3.71. The topological polar surface area (TPSA) is 26.0 Å². The largest absolute Gasteiger partial charge is 0.398 e. The number of halogens is 1. The Balaban J connectivity index is 3.31. The fraction of sp³-hybridized carbons (Fsp3) is 0. The van der Waals surface area contributed by atoms with Crippen LogP contribution in [0.3, 0.4) is 0 Å². The highest BCUT2D eigenvalue weighted by molar-refractivity contribution is 14.1. The summed E-state index contributed by atoms with van der Waals surface area (Å²) in [5.74, 6) is 0. The van der Waals surface area contributed by atoms with E-state index in [2.05, 4.69) is 0 Å². The second kappa shape index (κ2) is 2.35. The first-order valence-electron chi connectivity index (χ1n) is 3.13. The molecule has 1 nitrogen and oxygen atoms in total. The maximum absolute atomic E-state index is 7.25. The molecule has 8 heavy (non-hydrogen) atoms. The number of anilines is 1. The van der Waals surface area contributed by atoms with Gasteiger partial charge in [-0.3, -0.25) is 0 Å². The van der Waals surface area contributed by atoms with Crippen LogP contribution >= 0.6 is 22.6 Å². The van der Waals surface area contributed by atoms with E-state index in [4.69, 9.17) is 8.48 Å². The number of nitrogen functional groups attached to an aromatic ring is 1. The molecule has 0 spiro atoms. The van der Waals surface area contributed by atoms with Gasteiger partial charge >= 0.3 is 0 Å². The number of rotatable bonds is 0. The number of hydrogen-bond acceptors (Lipinski definition) is 1. The average molecular weight is 221 g/mol. The van der Waals surface area contributed by atoms with Crippen LogP contribution in [0, 0.1) is 3.57 Å². The van der Waals surface area contributed by atoms with Crippen molar-refractivity contribution in [2.45, 2.75) is 0 Å². The molecule has 0 aliphatic rings. The van der Waals surface area contributed by atoms with Gasteiger partial charge in [0.15, 0.2) is 0 Å². The van der Waals surface area contributed by atoms with Crippen LogP contribution in [0.5, 0.6) is 0 Å². The van der Waals surface area contributed by atoms with Crippen molar-refractivity contribution < 1.29 is 2.74 Å². The first-order valence-corrected chi connectivity index (χ1v) is 3.21. The zero-order chi connectivity index (χ0) is 7.72. The lowest BCUT2D eigenvalue weighted by Crippen LogP contribution is -1.85. The van der Waals surface area contributed by atoms with Crippen LogP contribution in [0.25, 0.3) is 0 Å². The van der Waals surface area contributed by atoms with Crippen LogP contribution < -0.4 is 5.73 Å². The van der Waals surface area contributed by atoms with E-state index in [1.807, 2.05) is 22.6 Å². The van der Waals surface area contributed by atoms with Crippen molar-refractivity contribution in [3.05, 3.63) is 27.8 Å². The molecule has 42 valence electrons. The fourth-order valence-electron chi connectivity index (χ4n) is 0.381. The lowest BCUT2D eigenvalue weighted by molar-refractivity contribution is 1.63. The van der Waals surface area contributed by atoms with Crippen LogP contribution in [-0.4, -0.2) is 0 Å². The lowest BCUT2D eigenvalue weighted by Gasteiger charge is -1.91. The Morgan fingerprint density at radius 2 is 2.50 bits per heavy atom. The smallest absolute Gasteiger partial charge is 0.0645 e. The van der Waals surface area contributed by atoms with Crippen LogP contribution in [0.2, 0.25) is 0 Å². The highest BCUT2D eigenvalue weighted by Gasteiger charge is 1.86. The molecule has 0 aromatic heterocycles. The molecule has 0 heterocycles. The minimum atomic E-state index is 0.233. The molecule has 0 aliphatic heterocycles. The van der Waals surface area contributed by atoms with Gasteiger partial charge in [-0.2, -0.15) is 0 Å². The maximum Gasteiger partial charge on any atom is 0.0645 e. The van der Waals surface area contributed by atoms with Crippen molar-refractivity contribution in [2.75, 3.05) is 5.73 Å². The van der Waals surface area contributed by atoms with Crippen molar-refractivity contribution in [3.8, 4) is 0 Å². The average Bonchev–Trinajstić information content (AvgIpc) is 1.82. The second-order valence-corrected chi connectivity index (χ2v) is 2.52. The Bertz CT molecular complexity index is 239. The summed E-state index contributed by atoms with van der Waals surface area (Å²) in [4.78, 5) is 0. The van der Waals surface area contributed by atoms with E-state index in [9.17, 15) is 0 Å². The Morgan fingerprint density at radius 1 is 1.75 bits per heavy atom. The van der Waals surface area contributed by atoms with Gasteiger partial charge in [0.1, 0.15) is 0 Å². The molecule has 1 rings (SSSR count). The van der Waals surface area contributed by atoms with Gasteiger partial charge in [0.25, 0.3) is 0 Å². The zero-order valence-electron chi connectivity index (χ0n) is 6.11. The minimum absolute atomic E-state index is 0.233. The number of benzene rings is 1. The minimum Gasteiger partial charge on any atom is -0.398 e. The molecule has 1 aromatic carbocycles. The van der Waals surface area contributed by atoms with Crippen LogP contribution in [0.15, 0.2) is 24.2 Å². The van der Waals surface area contributed by atoms with Crippen molar-refractivity contribution in [2.24, 2.45) is 0 Å². The zero-order valence-corrected chi connectivity index (χ0v) is 6.27. The molecule has 1 aromatic rings. The normalized spacial score (nSPS) is 12.6. The predicted octanol–water partition coefficient (Wildman–Crippen LogP) is 1.87. The Labute approximate surface area is 64.8 Å². The summed E-state index contributed by atoms with van der Waals surface area (Å²) in [6.07, 6.45) is 0. The molecular weight excluding hydrogens is 213 g/mol. The fourth-order valence-corrected chi connectivity index (χ4v) is 0.716. The predicted molar refractivity (Wildman–Crippen MR) is 43.6 cm³/mol. The van der Waals surface area contributed by atoms with Gasteiger partial charge in [-0.15, -0.1) is 0 Å². The molecule has 0 bridgehead atoms. The standard InChI is InChI=1S/C6H6IN/c7-5-3-1-2-4-6(5)8/h1-4H,8H2/i1D,4D. The summed E-state index contributed by atoms with van der Waals surface area (Å²) in [5, 5.41) is 0. The van der Waals surface area contributed by atoms with Gasteiger partial charge in [0.2, 0.25) is 0 Å². The maximum atomic E-state index is 7.25. The molecular formula is C6H6IN. The summed E-state index contributed by atoms with van der Waals surface area (Å²) >= 11 is 2.01. The van der Waals surface area contributed by atoms with Crippen molar-refractivity contribution in [1.29, 1.82) is 0 Å². The van der Waals surface area contributed by atoms with Gasteiger partial charge in [0.05, 0.1) is 2.74 Å². The van der Waals surface area contributed by atoms with E-state index in [1.54, 1.807) is 6.07 Å². The Kier molecular flexibility index (Phi) is 1.09. The summed E-state index contributed by atoms with van der Waals surface area (Å²) in [6.45, 7) is 0. The molecule has 0 atom stereocenters. The monoisotopic (exact) mass is 221 g/mol. The van der Waals surface area contributed by atoms with Gasteiger partial charge in [-0.1, -0.05) is 12.1 Å². The first-order chi connectivity index (χ1) is 4.61. The highest BCUT2D eigenvalue weighted by Crippen LogP contribution is 2.11. The van der Waals surface area contributed by atoms with E-state index in [0.717, 1.165) is 3.57 Å². The van der Waals surface area contributed by atoms with Gasteiger partial charge in [-0.05, 0) is 34.7 Å². The van der Waals surface area contributed by atoms with Gasteiger partial charge in [0, 0.05) is 9.26 Å². The summed E-state index contributed by atoms with van der Waals surface area (Å²) in [5.41, 5.74) is 5.93. The molecule has 0 fully saturated rings. The van der Waals surface area contributed by atoms with E-state index in [1.165, 1.54) is 6.07 Å². The molecule has 0 unspecified atom stereocenters. The molecule has 0 saturated heterocycles. The van der Waals surface area contributed by atoms with E-state index in [0.29, 0.717) is 11.7 Å². The van der Waals surface area contributed by atoms with Crippen molar-refractivity contribution in [1.82, 2.24) is 0 Å². The third kappa shape index (κ3) is 1.12. The molecule has 0 amide bonds. The second-order valence-electron chi connectivity index (χ2n) is 1.36. The number of para-hydroxylation sites is 1. The summed E-state index contributed by atoms with van der Waals surface area (Å²) in [6, 6.07) is 3.63.